The van der Waals surface area contributed by atoms with Gasteiger partial charge in [-0.1, -0.05) is 13.8 Å². The van der Waals surface area contributed by atoms with E-state index in [-0.39, 0.29) is 159 Å². The first-order valence-corrected chi connectivity index (χ1v) is 31.9. The van der Waals surface area contributed by atoms with E-state index in [4.69, 9.17) is 42.6 Å². The molecule has 0 aromatic rings. The largest absolute Gasteiger partial charge is 0.394 e. The first-order chi connectivity index (χ1) is 44.1. The molecule has 0 spiro atoms. The molecule has 3 saturated heterocycles. The Balaban J connectivity index is 1.36. The Bertz CT molecular complexity index is 1850. The third kappa shape index (κ3) is 32.1. The van der Waals surface area contributed by atoms with Crippen molar-refractivity contribution >= 4 is 35.4 Å². The Hall–Kier alpha value is -4.06. The van der Waals surface area contributed by atoms with Crippen LogP contribution in [0.5, 0.6) is 0 Å². The Labute approximate surface area is 536 Å². The van der Waals surface area contributed by atoms with Crippen molar-refractivity contribution in [3.8, 4) is 0 Å². The molecule has 0 aliphatic carbocycles. The van der Waals surface area contributed by atoms with Crippen LogP contribution in [0.3, 0.4) is 0 Å². The van der Waals surface area contributed by atoms with E-state index in [0.717, 1.165) is 0 Å². The van der Waals surface area contributed by atoms with Crippen LogP contribution in [0.1, 0.15) is 110 Å². The van der Waals surface area contributed by atoms with Gasteiger partial charge in [-0.05, 0) is 57.8 Å². The zero-order valence-corrected chi connectivity index (χ0v) is 53.1. The van der Waals surface area contributed by atoms with Crippen LogP contribution in [0.2, 0.25) is 0 Å². The average molecular weight is 1330 g/mol. The number of nitrogens with one attached hydrogen (secondary N) is 7. The molecule has 0 radical (unpaired) electrons. The summed E-state index contributed by atoms with van der Waals surface area (Å²) in [4.78, 5) is 75.4. The predicted octanol–water partition coefficient (Wildman–Crippen LogP) is -7.23. The molecule has 3 heterocycles. The van der Waals surface area contributed by atoms with E-state index in [9.17, 15) is 90.0 Å². The lowest BCUT2D eigenvalue weighted by Gasteiger charge is -2.39. The van der Waals surface area contributed by atoms with Crippen molar-refractivity contribution in [1.82, 2.24) is 37.2 Å². The average Bonchev–Trinajstić information content (AvgIpc) is 0.908. The molecule has 34 heteroatoms. The number of carbonyl (C=O) groups excluding carboxylic acids is 6. The molecule has 0 aromatic heterocycles. The zero-order valence-electron chi connectivity index (χ0n) is 53.1. The van der Waals surface area contributed by atoms with Crippen LogP contribution in [0.4, 0.5) is 0 Å². The fourth-order valence-corrected chi connectivity index (χ4v) is 9.70. The molecule has 3 aliphatic rings. The number of ether oxygens (including phenoxy) is 9. The van der Waals surface area contributed by atoms with Crippen molar-refractivity contribution in [2.45, 2.75) is 214 Å². The molecule has 3 aliphatic heterocycles. The number of rotatable bonds is 50. The van der Waals surface area contributed by atoms with Gasteiger partial charge < -0.3 is 141 Å². The van der Waals surface area contributed by atoms with Gasteiger partial charge in [-0.25, -0.2) is 0 Å². The van der Waals surface area contributed by atoms with Gasteiger partial charge in [-0.2, -0.15) is 0 Å². The fraction of sp³-hybridized carbons (Fsp3) is 0.897. The molecule has 0 bridgehead atoms. The highest BCUT2D eigenvalue weighted by molar-refractivity contribution is 5.78. The highest BCUT2D eigenvalue weighted by atomic mass is 16.7. The summed E-state index contributed by atoms with van der Waals surface area (Å²) in [5.41, 5.74) is -1.00. The molecule has 6 amide bonds. The lowest BCUT2D eigenvalue weighted by Crippen LogP contribution is -2.59. The van der Waals surface area contributed by atoms with Gasteiger partial charge in [0.2, 0.25) is 35.4 Å². The van der Waals surface area contributed by atoms with Gasteiger partial charge in [0.25, 0.3) is 0 Å². The molecule has 3 rings (SSSR count). The summed E-state index contributed by atoms with van der Waals surface area (Å²) < 4.78 is 50.4. The van der Waals surface area contributed by atoms with E-state index < -0.39 is 117 Å². The van der Waals surface area contributed by atoms with Crippen LogP contribution < -0.4 is 37.2 Å². The lowest BCUT2D eigenvalue weighted by molar-refractivity contribution is -0.301. The van der Waals surface area contributed by atoms with Crippen molar-refractivity contribution in [2.75, 3.05) is 119 Å². The summed E-state index contributed by atoms with van der Waals surface area (Å²) in [5, 5.41) is 138. The van der Waals surface area contributed by atoms with E-state index in [1.807, 2.05) is 13.8 Å². The minimum Gasteiger partial charge on any atom is -0.394 e. The first-order valence-electron chi connectivity index (χ1n) is 31.9. The van der Waals surface area contributed by atoms with Crippen molar-refractivity contribution in [3.05, 3.63) is 0 Å². The van der Waals surface area contributed by atoms with Gasteiger partial charge in [0.1, 0.15) is 73.2 Å². The second-order valence-electron chi connectivity index (χ2n) is 23.2. The van der Waals surface area contributed by atoms with Gasteiger partial charge >= 0.3 is 0 Å². The third-order valence-corrected chi connectivity index (χ3v) is 14.9. The van der Waals surface area contributed by atoms with E-state index in [2.05, 4.69) is 37.2 Å². The van der Waals surface area contributed by atoms with Crippen LogP contribution in [0.25, 0.3) is 0 Å². The summed E-state index contributed by atoms with van der Waals surface area (Å²) in [6.45, 7) is 4.16. The first kappa shape index (κ1) is 82.2. The maximum atomic E-state index is 12.8. The highest BCUT2D eigenvalue weighted by Gasteiger charge is 2.46. The second-order valence-corrected chi connectivity index (χ2v) is 23.2. The van der Waals surface area contributed by atoms with E-state index in [1.54, 1.807) is 0 Å². The molecule has 34 nitrogen and oxygen atoms in total. The van der Waals surface area contributed by atoms with Crippen molar-refractivity contribution in [3.63, 3.8) is 0 Å². The molecular weight excluding hydrogens is 1230 g/mol. The summed E-state index contributed by atoms with van der Waals surface area (Å²) in [6.07, 6.45) is -16.2. The normalized spacial score (nSPS) is 27.2. The summed E-state index contributed by atoms with van der Waals surface area (Å²) in [5.74, 6) is -1.52. The third-order valence-electron chi connectivity index (χ3n) is 14.9. The van der Waals surface area contributed by atoms with Crippen molar-refractivity contribution in [1.29, 1.82) is 0 Å². The van der Waals surface area contributed by atoms with Gasteiger partial charge in [0.05, 0.1) is 65.0 Å². The highest BCUT2D eigenvalue weighted by Crippen LogP contribution is 2.25. The minimum absolute atomic E-state index is 0.00386. The Kier molecular flexibility index (Phi) is 41.9. The summed E-state index contributed by atoms with van der Waals surface area (Å²) in [7, 11) is 0. The number of aliphatic hydroxyl groups excluding tert-OH is 12. The number of carbonyl (C=O) groups is 6. The minimum atomic E-state index is -1.55. The van der Waals surface area contributed by atoms with Crippen molar-refractivity contribution < 1.29 is 133 Å². The second kappa shape index (κ2) is 47.0. The van der Waals surface area contributed by atoms with Gasteiger partial charge in [-0.15, -0.1) is 0 Å². The molecule has 536 valence electrons. The number of hydrogen-bond donors (Lipinski definition) is 19. The molecule has 19 N–H and O–H groups in total. The predicted molar refractivity (Wildman–Crippen MR) is 320 cm³/mol. The molecule has 3 fully saturated rings. The smallest absolute Gasteiger partial charge is 0.222 e. The molecule has 0 saturated carbocycles. The molecule has 15 unspecified atom stereocenters. The lowest BCUT2D eigenvalue weighted by atomic mass is 9.99. The SMILES string of the molecule is CC(C)NC(COCCC(=O)NCCCNC(=O)CCCCOC1OC(CO)C(O)C(O)C1O)(COCCC(=O)NCCCNC(=O)CCCCOC1OC(CO)C(O)C(O)C1O)COCCC(=O)NCCCNC(=O)CCCCOC1OC(CO)C(O)C(O)C1O. The standard InChI is InChI=1S/C58H107N7O27/c1-36(2)65-58(33-84-27-15-43(72)62-21-9-18-59-40(69)12-3-6-24-87-55-52(81)49(78)46(75)37(30-66)90-55,34-85-28-16-44(73)63-22-10-19-60-41(70)13-4-7-25-88-56-53(82)50(79)47(76)38(31-67)91-56)35-86-29-17-45(74)64-23-11-20-61-42(71)14-5-8-26-89-57-54(83)51(80)48(77)39(32-68)92-57/h36-39,46-57,65-68,75-83H,3-35H2,1-2H3,(H,59,69)(H,60,70)(H,61,71)(H,62,72)(H,63,73)(H,64,74). The van der Waals surface area contributed by atoms with E-state index in [0.29, 0.717) is 77.4 Å². The quantitative estimate of drug-likeness (QED) is 0.0252. The van der Waals surface area contributed by atoms with E-state index in [1.165, 1.54) is 0 Å². The summed E-state index contributed by atoms with van der Waals surface area (Å²) >= 11 is 0. The Morgan fingerprint density at radius 2 is 0.598 bits per heavy atom. The zero-order chi connectivity index (χ0) is 67.8. The van der Waals surface area contributed by atoms with E-state index >= 15 is 0 Å². The summed E-state index contributed by atoms with van der Waals surface area (Å²) in [6, 6.07) is -0.126. The molecule has 15 atom stereocenters. The Morgan fingerprint density at radius 3 is 0.837 bits per heavy atom. The van der Waals surface area contributed by atoms with Crippen LogP contribution >= 0.6 is 0 Å². The molecule has 0 aromatic carbocycles. The Morgan fingerprint density at radius 1 is 0.348 bits per heavy atom. The number of aliphatic hydroxyl groups is 12. The van der Waals surface area contributed by atoms with Gasteiger partial charge in [0.15, 0.2) is 18.9 Å². The number of unbranched alkanes of at least 4 members (excludes halogenated alkanes) is 3. The number of hydrogen-bond acceptors (Lipinski definition) is 28. The maximum Gasteiger partial charge on any atom is 0.222 e. The van der Waals surface area contributed by atoms with Crippen molar-refractivity contribution in [2.24, 2.45) is 0 Å². The number of amides is 6. The van der Waals surface area contributed by atoms with Crippen LogP contribution in [0, 0.1) is 0 Å². The van der Waals surface area contributed by atoms with Crippen LogP contribution in [-0.2, 0) is 71.4 Å². The topological polar surface area (TPSA) is 512 Å². The van der Waals surface area contributed by atoms with Crippen LogP contribution in [-0.4, -0.2) is 319 Å². The molecular formula is C58H107N7O27. The fourth-order valence-electron chi connectivity index (χ4n) is 9.70. The molecule has 92 heavy (non-hydrogen) atoms. The van der Waals surface area contributed by atoms with Gasteiger partial charge in [-0.3, -0.25) is 28.8 Å². The monoisotopic (exact) mass is 1330 g/mol. The van der Waals surface area contributed by atoms with Crippen LogP contribution in [0.15, 0.2) is 0 Å². The van der Waals surface area contributed by atoms with Gasteiger partial charge in [0, 0.05) is 104 Å². The maximum absolute atomic E-state index is 12.8.